The van der Waals surface area contributed by atoms with Crippen LogP contribution in [0.3, 0.4) is 0 Å². The molecule has 4 heterocycles. The van der Waals surface area contributed by atoms with E-state index in [0.29, 0.717) is 16.8 Å². The van der Waals surface area contributed by atoms with Gasteiger partial charge >= 0.3 is 6.18 Å². The van der Waals surface area contributed by atoms with Crippen molar-refractivity contribution in [1.82, 2.24) is 29.6 Å². The molecule has 0 spiro atoms. The molecule has 0 bridgehead atoms. The van der Waals surface area contributed by atoms with Gasteiger partial charge in [-0.25, -0.2) is 28.4 Å². The Kier molecular flexibility index (Phi) is 6.48. The Hall–Kier alpha value is -4.46. The highest BCUT2D eigenvalue weighted by Crippen LogP contribution is 2.48. The topological polar surface area (TPSA) is 112 Å². The minimum absolute atomic E-state index is 0.0992. The molecule has 2 aliphatic rings. The van der Waals surface area contributed by atoms with Crippen LogP contribution in [0, 0.1) is 23.5 Å². The number of alkyl halides is 3. The van der Waals surface area contributed by atoms with Gasteiger partial charge in [-0.3, -0.25) is 4.79 Å². The van der Waals surface area contributed by atoms with Gasteiger partial charge in [-0.1, -0.05) is 0 Å². The van der Waals surface area contributed by atoms with Crippen molar-refractivity contribution >= 4 is 5.91 Å². The van der Waals surface area contributed by atoms with Crippen molar-refractivity contribution in [3.63, 3.8) is 0 Å². The van der Waals surface area contributed by atoms with Crippen molar-refractivity contribution in [2.24, 2.45) is 17.6 Å². The summed E-state index contributed by atoms with van der Waals surface area (Å²) in [6.45, 7) is 3.91. The molecule has 9 nitrogen and oxygen atoms in total. The van der Waals surface area contributed by atoms with Gasteiger partial charge in [0, 0.05) is 60.7 Å². The molecular weight excluding hydrogens is 561 g/mol. The highest BCUT2D eigenvalue weighted by Gasteiger charge is 2.59. The number of ether oxygens (including phenoxy) is 1. The van der Waals surface area contributed by atoms with Gasteiger partial charge in [-0.05, 0) is 49.7 Å². The number of likely N-dealkylation sites (tertiary alicyclic amines) is 1. The van der Waals surface area contributed by atoms with E-state index in [-0.39, 0.29) is 42.9 Å². The van der Waals surface area contributed by atoms with Crippen molar-refractivity contribution in [3.05, 3.63) is 83.4 Å². The van der Waals surface area contributed by atoms with Crippen LogP contribution in [0.5, 0.6) is 5.88 Å². The fourth-order valence-corrected chi connectivity index (χ4v) is 5.12. The molecule has 218 valence electrons. The molecule has 2 atom stereocenters. The Morgan fingerprint density at radius 3 is 2.33 bits per heavy atom. The van der Waals surface area contributed by atoms with E-state index in [9.17, 15) is 26.7 Å². The number of benzene rings is 1. The fraction of sp³-hybridized carbons (Fsp3) is 0.321. The lowest BCUT2D eigenvalue weighted by Gasteiger charge is -2.22. The van der Waals surface area contributed by atoms with Gasteiger partial charge < -0.3 is 15.4 Å². The van der Waals surface area contributed by atoms with Gasteiger partial charge in [0.05, 0.1) is 11.3 Å². The first kappa shape index (κ1) is 27.7. The molecule has 1 saturated heterocycles. The summed E-state index contributed by atoms with van der Waals surface area (Å²) in [5.74, 6) is -2.95. The molecule has 2 fully saturated rings. The molecule has 2 N–H and O–H groups in total. The largest absolute Gasteiger partial charge is 0.474 e. The first-order valence-electron chi connectivity index (χ1n) is 13.0. The van der Waals surface area contributed by atoms with Crippen molar-refractivity contribution in [3.8, 4) is 23.1 Å². The first-order chi connectivity index (χ1) is 19.8. The van der Waals surface area contributed by atoms with Crippen LogP contribution in [-0.2, 0) is 11.7 Å². The predicted molar refractivity (Wildman–Crippen MR) is 138 cm³/mol. The number of pyridine rings is 1. The van der Waals surface area contributed by atoms with E-state index in [4.69, 9.17) is 10.5 Å². The maximum atomic E-state index is 13.9. The van der Waals surface area contributed by atoms with Gasteiger partial charge in [0.15, 0.2) is 17.3 Å². The standard InChI is InChI=1S/C28H24F5N7O2/c1-27(2,34)15-9-21(14-4-5-19(29)20(30)8-14)37-22(10-15)42-23-16-11-39(12-17(16)23)25(41)18-13-40(26-35-6-3-7-36-26)38-24(18)28(31,32)33/h3-10,13,16-17,23H,11-12,34H2,1-2H3. The number of hydrogen-bond donors (Lipinski definition) is 1. The van der Waals surface area contributed by atoms with E-state index >= 15 is 0 Å². The zero-order chi connectivity index (χ0) is 30.0. The lowest BCUT2D eigenvalue weighted by atomic mass is 9.95. The third-order valence-electron chi connectivity index (χ3n) is 7.39. The van der Waals surface area contributed by atoms with Crippen molar-refractivity contribution < 1.29 is 31.5 Å². The smallest absolute Gasteiger partial charge is 0.435 e. The lowest BCUT2D eigenvalue weighted by molar-refractivity contribution is -0.141. The number of rotatable bonds is 6. The monoisotopic (exact) mass is 585 g/mol. The van der Waals surface area contributed by atoms with Crippen LogP contribution in [0.1, 0.15) is 35.5 Å². The summed E-state index contributed by atoms with van der Waals surface area (Å²) in [4.78, 5) is 26.8. The quantitative estimate of drug-likeness (QED) is 0.335. The second kappa shape index (κ2) is 9.82. The SMILES string of the molecule is CC(C)(N)c1cc(OC2C3CN(C(=O)c4cn(-c5ncccn5)nc4C(F)(F)F)CC32)nc(-c2ccc(F)c(F)c2)c1. The molecule has 1 aromatic carbocycles. The Balaban J connectivity index is 1.20. The molecular formula is C28H24F5N7O2. The number of fused-ring (bicyclic) bond motifs is 1. The summed E-state index contributed by atoms with van der Waals surface area (Å²) in [6, 6.07) is 8.28. The number of halogens is 5. The van der Waals surface area contributed by atoms with Crippen LogP contribution >= 0.6 is 0 Å². The van der Waals surface area contributed by atoms with Gasteiger partial charge in [0.25, 0.3) is 5.91 Å². The molecule has 1 aliphatic heterocycles. The van der Waals surface area contributed by atoms with Crippen LogP contribution in [0.15, 0.2) is 55.0 Å². The Morgan fingerprint density at radius 2 is 1.71 bits per heavy atom. The molecule has 42 heavy (non-hydrogen) atoms. The highest BCUT2D eigenvalue weighted by molar-refractivity contribution is 5.95. The molecule has 14 heteroatoms. The van der Waals surface area contributed by atoms with Crippen LogP contribution in [0.25, 0.3) is 17.2 Å². The number of aromatic nitrogens is 5. The molecule has 0 radical (unpaired) electrons. The van der Waals surface area contributed by atoms with Crippen molar-refractivity contribution in [1.29, 1.82) is 0 Å². The average Bonchev–Trinajstić information content (AvgIpc) is 3.29. The van der Waals surface area contributed by atoms with Crippen molar-refractivity contribution in [2.75, 3.05) is 13.1 Å². The number of piperidine rings is 1. The Morgan fingerprint density at radius 1 is 1.02 bits per heavy atom. The number of nitrogens with zero attached hydrogens (tertiary/aromatic N) is 6. The lowest BCUT2D eigenvalue weighted by Crippen LogP contribution is -2.34. The van der Waals surface area contributed by atoms with E-state index in [2.05, 4.69) is 20.1 Å². The maximum Gasteiger partial charge on any atom is 0.435 e. The number of hydrogen-bond acceptors (Lipinski definition) is 7. The van der Waals surface area contributed by atoms with E-state index < -0.39 is 40.5 Å². The van der Waals surface area contributed by atoms with Gasteiger partial charge in [0.2, 0.25) is 11.8 Å². The summed E-state index contributed by atoms with van der Waals surface area (Å²) < 4.78 is 75.7. The minimum Gasteiger partial charge on any atom is -0.474 e. The molecule has 3 aromatic heterocycles. The molecule has 2 unspecified atom stereocenters. The van der Waals surface area contributed by atoms with Crippen LogP contribution in [-0.4, -0.2) is 54.7 Å². The summed E-state index contributed by atoms with van der Waals surface area (Å²) in [6.07, 6.45) is -1.50. The number of carbonyl (C=O) groups excluding carboxylic acids is 1. The third kappa shape index (κ3) is 5.17. The second-order valence-corrected chi connectivity index (χ2v) is 10.9. The molecule has 6 rings (SSSR count). The summed E-state index contributed by atoms with van der Waals surface area (Å²) in [5, 5.41) is 3.55. The molecule has 1 aliphatic carbocycles. The molecule has 1 amide bonds. The Labute approximate surface area is 236 Å². The number of nitrogens with two attached hydrogens (primary N) is 1. The summed E-state index contributed by atoms with van der Waals surface area (Å²) >= 11 is 0. The van der Waals surface area contributed by atoms with E-state index in [1.807, 2.05) is 0 Å². The third-order valence-corrected chi connectivity index (χ3v) is 7.39. The molecule has 1 saturated carbocycles. The minimum atomic E-state index is -4.86. The zero-order valence-corrected chi connectivity index (χ0v) is 22.3. The number of carbonyl (C=O) groups is 1. The summed E-state index contributed by atoms with van der Waals surface area (Å²) in [7, 11) is 0. The fourth-order valence-electron chi connectivity index (χ4n) is 5.12. The van der Waals surface area contributed by atoms with Crippen LogP contribution in [0.2, 0.25) is 0 Å². The second-order valence-electron chi connectivity index (χ2n) is 10.9. The van der Waals surface area contributed by atoms with E-state index in [1.54, 1.807) is 26.0 Å². The first-order valence-corrected chi connectivity index (χ1v) is 13.0. The van der Waals surface area contributed by atoms with Crippen LogP contribution in [0.4, 0.5) is 22.0 Å². The normalized spacial score (nSPS) is 20.0. The average molecular weight is 586 g/mol. The molecule has 4 aromatic rings. The highest BCUT2D eigenvalue weighted by atomic mass is 19.4. The number of amides is 1. The maximum absolute atomic E-state index is 13.9. The Bertz CT molecular complexity index is 1660. The van der Waals surface area contributed by atoms with Gasteiger partial charge in [-0.15, -0.1) is 0 Å². The van der Waals surface area contributed by atoms with Crippen molar-refractivity contribution in [2.45, 2.75) is 31.7 Å². The summed E-state index contributed by atoms with van der Waals surface area (Å²) in [5.41, 5.74) is 4.90. The van der Waals surface area contributed by atoms with Gasteiger partial charge in [-0.2, -0.15) is 18.3 Å². The van der Waals surface area contributed by atoms with E-state index in [0.717, 1.165) is 23.0 Å². The van der Waals surface area contributed by atoms with E-state index in [1.165, 1.54) is 29.4 Å². The van der Waals surface area contributed by atoms with Gasteiger partial charge in [0.1, 0.15) is 6.10 Å². The predicted octanol–water partition coefficient (Wildman–Crippen LogP) is 4.36. The van der Waals surface area contributed by atoms with Crippen LogP contribution < -0.4 is 10.5 Å². The zero-order valence-electron chi connectivity index (χ0n) is 22.3.